The van der Waals surface area contributed by atoms with Crippen LogP contribution >= 0.6 is 0 Å². The van der Waals surface area contributed by atoms with Crippen molar-refractivity contribution in [3.05, 3.63) is 0 Å². The number of nitrogens with zero attached hydrogens (tertiary/aromatic N) is 5. The molecule has 9 N–H and O–H groups in total. The largest absolute Gasteiger partial charge is 0.385 e. The number of anilines is 3. The maximum Gasteiger partial charge on any atom is 0.232 e. The van der Waals surface area contributed by atoms with Crippen LogP contribution in [0.5, 0.6) is 0 Å². The first-order chi connectivity index (χ1) is 13.4. The van der Waals surface area contributed by atoms with Gasteiger partial charge in [-0.3, -0.25) is 0 Å². The Morgan fingerprint density at radius 1 is 0.857 bits per heavy atom. The van der Waals surface area contributed by atoms with Crippen LogP contribution in [0.25, 0.3) is 0 Å². The van der Waals surface area contributed by atoms with E-state index >= 15 is 0 Å². The van der Waals surface area contributed by atoms with Gasteiger partial charge in [0.1, 0.15) is 0 Å². The summed E-state index contributed by atoms with van der Waals surface area (Å²) in [6.45, 7) is 4.04. The van der Waals surface area contributed by atoms with Crippen LogP contribution in [0.2, 0.25) is 0 Å². The van der Waals surface area contributed by atoms with E-state index in [0.717, 1.165) is 19.3 Å². The van der Waals surface area contributed by atoms with Crippen molar-refractivity contribution >= 4 is 17.8 Å². The van der Waals surface area contributed by atoms with Crippen molar-refractivity contribution in [2.45, 2.75) is 43.4 Å². The van der Waals surface area contributed by atoms with Crippen molar-refractivity contribution in [1.29, 1.82) is 0 Å². The molecule has 2 fully saturated rings. The van der Waals surface area contributed by atoms with E-state index in [9.17, 15) is 0 Å². The van der Waals surface area contributed by atoms with Crippen LogP contribution in [-0.2, 0) is 4.74 Å². The zero-order valence-electron chi connectivity index (χ0n) is 16.6. The lowest BCUT2D eigenvalue weighted by Crippen LogP contribution is -2.54. The molecular formula is C17H34N10O. The van der Waals surface area contributed by atoms with Crippen molar-refractivity contribution in [3.63, 3.8) is 0 Å². The van der Waals surface area contributed by atoms with E-state index in [-0.39, 0.29) is 24.2 Å². The fraction of sp³-hybridized carbons (Fsp3) is 0.824. The minimum atomic E-state index is -0.00101. The summed E-state index contributed by atoms with van der Waals surface area (Å²) < 4.78 is 5.10. The summed E-state index contributed by atoms with van der Waals surface area (Å²) in [6, 6.07) is -0.00404. The first-order valence-corrected chi connectivity index (χ1v) is 9.95. The Bertz CT molecular complexity index is 568. The van der Waals surface area contributed by atoms with Crippen molar-refractivity contribution in [3.8, 4) is 0 Å². The number of hydrogen-bond donors (Lipinski definition) is 5. The lowest BCUT2D eigenvalue weighted by Gasteiger charge is -2.37. The van der Waals surface area contributed by atoms with E-state index in [1.165, 1.54) is 0 Å². The molecule has 0 bridgehead atoms. The Morgan fingerprint density at radius 2 is 1.32 bits per heavy atom. The number of methoxy groups -OCH3 is 1. The van der Waals surface area contributed by atoms with Crippen LogP contribution in [-0.4, -0.2) is 85.6 Å². The number of hydrogen-bond acceptors (Lipinski definition) is 11. The molecule has 28 heavy (non-hydrogen) atoms. The van der Waals surface area contributed by atoms with E-state index < -0.39 is 0 Å². The quantitative estimate of drug-likeness (QED) is 0.325. The zero-order chi connectivity index (χ0) is 20.1. The lowest BCUT2D eigenvalue weighted by atomic mass is 10.0. The average molecular weight is 395 g/mol. The maximum absolute atomic E-state index is 6.16. The molecule has 3 rings (SSSR count). The Kier molecular flexibility index (Phi) is 7.18. The normalized spacial score (nSPS) is 28.5. The van der Waals surface area contributed by atoms with Gasteiger partial charge in [0.2, 0.25) is 17.8 Å². The van der Waals surface area contributed by atoms with Gasteiger partial charge in [0.05, 0.1) is 0 Å². The first-order valence-electron chi connectivity index (χ1n) is 9.95. The van der Waals surface area contributed by atoms with Crippen LogP contribution in [0, 0.1) is 0 Å². The third kappa shape index (κ3) is 5.61. The number of piperidine rings is 2. The third-order valence-corrected chi connectivity index (χ3v) is 5.02. The summed E-state index contributed by atoms with van der Waals surface area (Å²) in [5.74, 6) is 1.69. The summed E-state index contributed by atoms with van der Waals surface area (Å²) in [6.07, 6.45) is 2.45. The number of aromatic nitrogens is 3. The molecule has 3 heterocycles. The van der Waals surface area contributed by atoms with Crippen LogP contribution < -0.4 is 38.1 Å². The minimum Gasteiger partial charge on any atom is -0.385 e. The standard InChI is InChI=1S/C17H34N10O/c1-28-4-2-3-22-15-23-16(26-7-11(18)5-12(19)8-26)25-17(24-15)27-9-13(20)6-14(21)10-27/h11-14H,2-10,18-21H2,1H3,(H,22,23,24,25)/t11-,12+,13-,14+. The van der Waals surface area contributed by atoms with Crippen LogP contribution in [0.4, 0.5) is 17.8 Å². The molecule has 0 radical (unpaired) electrons. The highest BCUT2D eigenvalue weighted by molar-refractivity contribution is 5.46. The van der Waals surface area contributed by atoms with Crippen molar-refractivity contribution in [1.82, 2.24) is 15.0 Å². The number of rotatable bonds is 7. The Labute approximate surface area is 166 Å². The molecule has 1 aromatic heterocycles. The van der Waals surface area contributed by atoms with E-state index in [1.807, 2.05) is 9.80 Å². The second-order valence-electron chi connectivity index (χ2n) is 7.85. The molecule has 2 aliphatic rings. The summed E-state index contributed by atoms with van der Waals surface area (Å²) >= 11 is 0. The molecule has 1 aromatic rings. The van der Waals surface area contributed by atoms with Crippen molar-refractivity contribution in [2.24, 2.45) is 22.9 Å². The Balaban J connectivity index is 1.83. The molecule has 0 saturated carbocycles. The topological polar surface area (TPSA) is 170 Å². The SMILES string of the molecule is COCCCNc1nc(N2C[C@H](N)C[C@H](N)C2)nc(N2C[C@H](N)C[C@H](N)C2)n1. The minimum absolute atomic E-state index is 0.00101. The van der Waals surface area contributed by atoms with Crippen LogP contribution in [0.3, 0.4) is 0 Å². The maximum atomic E-state index is 6.16. The molecule has 0 aromatic carbocycles. The van der Waals surface area contributed by atoms with Gasteiger partial charge >= 0.3 is 0 Å². The smallest absolute Gasteiger partial charge is 0.232 e. The van der Waals surface area contributed by atoms with E-state index in [0.29, 0.717) is 57.2 Å². The Hall–Kier alpha value is -1.79. The molecule has 4 atom stereocenters. The van der Waals surface area contributed by atoms with E-state index in [1.54, 1.807) is 7.11 Å². The van der Waals surface area contributed by atoms with Crippen molar-refractivity contribution < 1.29 is 4.74 Å². The highest BCUT2D eigenvalue weighted by Crippen LogP contribution is 2.22. The first kappa shape index (κ1) is 20.9. The highest BCUT2D eigenvalue weighted by atomic mass is 16.5. The monoisotopic (exact) mass is 394 g/mol. The molecule has 0 aliphatic carbocycles. The van der Waals surface area contributed by atoms with Gasteiger partial charge in [-0.1, -0.05) is 0 Å². The molecule has 2 saturated heterocycles. The molecule has 0 amide bonds. The van der Waals surface area contributed by atoms with Gasteiger partial charge in [0, 0.05) is 70.6 Å². The van der Waals surface area contributed by atoms with Gasteiger partial charge in [0.15, 0.2) is 0 Å². The summed E-state index contributed by atoms with van der Waals surface area (Å²) in [7, 11) is 1.69. The molecule has 11 nitrogen and oxygen atoms in total. The highest BCUT2D eigenvalue weighted by Gasteiger charge is 2.28. The van der Waals surface area contributed by atoms with Gasteiger partial charge in [-0.05, 0) is 19.3 Å². The average Bonchev–Trinajstić information content (AvgIpc) is 2.63. The molecule has 11 heteroatoms. The molecule has 0 unspecified atom stereocenters. The van der Waals surface area contributed by atoms with Crippen LogP contribution in [0.15, 0.2) is 0 Å². The predicted octanol–water partition coefficient (Wildman–Crippen LogP) is -1.95. The second-order valence-corrected chi connectivity index (χ2v) is 7.85. The summed E-state index contributed by atoms with van der Waals surface area (Å²) in [5, 5.41) is 3.26. The number of nitrogens with two attached hydrogens (primary N) is 4. The zero-order valence-corrected chi connectivity index (χ0v) is 16.6. The Morgan fingerprint density at radius 3 is 1.75 bits per heavy atom. The second kappa shape index (κ2) is 9.61. The van der Waals surface area contributed by atoms with E-state index in [2.05, 4.69) is 15.3 Å². The van der Waals surface area contributed by atoms with Gasteiger partial charge < -0.3 is 42.8 Å². The van der Waals surface area contributed by atoms with E-state index in [4.69, 9.17) is 32.7 Å². The fourth-order valence-corrected chi connectivity index (χ4v) is 3.82. The lowest BCUT2D eigenvalue weighted by molar-refractivity contribution is 0.197. The summed E-state index contributed by atoms with van der Waals surface area (Å²) in [4.78, 5) is 18.0. The molecule has 2 aliphatic heterocycles. The van der Waals surface area contributed by atoms with Crippen molar-refractivity contribution in [2.75, 3.05) is 61.6 Å². The number of nitrogens with one attached hydrogen (secondary N) is 1. The van der Waals surface area contributed by atoms with Gasteiger partial charge in [0.25, 0.3) is 0 Å². The van der Waals surface area contributed by atoms with Gasteiger partial charge in [-0.2, -0.15) is 15.0 Å². The third-order valence-electron chi connectivity index (χ3n) is 5.02. The molecular weight excluding hydrogens is 360 g/mol. The van der Waals surface area contributed by atoms with Gasteiger partial charge in [-0.15, -0.1) is 0 Å². The summed E-state index contributed by atoms with van der Waals surface area (Å²) in [5.41, 5.74) is 24.6. The predicted molar refractivity (Wildman–Crippen MR) is 110 cm³/mol. The van der Waals surface area contributed by atoms with Crippen LogP contribution in [0.1, 0.15) is 19.3 Å². The molecule has 158 valence electrons. The molecule has 0 spiro atoms. The fourth-order valence-electron chi connectivity index (χ4n) is 3.82. The number of ether oxygens (including phenoxy) is 1. The van der Waals surface area contributed by atoms with Gasteiger partial charge in [-0.25, -0.2) is 0 Å².